The molecular weight excluding hydrogens is 1110 g/mol. The first-order chi connectivity index (χ1) is 38.9. The number of ether oxygens (including phenoxy) is 15. The van der Waals surface area contributed by atoms with Gasteiger partial charge in [-0.1, -0.05) is 39.5 Å². The Morgan fingerprint density at radius 2 is 0.747 bits per heavy atom. The van der Waals surface area contributed by atoms with E-state index >= 15 is 0 Å². The third-order valence-electron chi connectivity index (χ3n) is 11.2. The highest BCUT2D eigenvalue weighted by Crippen LogP contribution is 2.41. The summed E-state index contributed by atoms with van der Waals surface area (Å²) in [7, 11) is 0. The Labute approximate surface area is 480 Å². The molecule has 0 spiro atoms. The molecule has 2 heterocycles. The summed E-state index contributed by atoms with van der Waals surface area (Å²) in [5.74, 6) is -7.80. The summed E-state index contributed by atoms with van der Waals surface area (Å²) in [6, 6.07) is 0. The van der Waals surface area contributed by atoms with E-state index in [1.807, 2.05) is 0 Å². The largest absolute Gasteiger partial charge is 0.460 e. The van der Waals surface area contributed by atoms with Crippen molar-refractivity contribution in [2.45, 2.75) is 133 Å². The van der Waals surface area contributed by atoms with E-state index in [4.69, 9.17) is 71.1 Å². The average molecular weight is 1200 g/mol. The zero-order valence-corrected chi connectivity index (χ0v) is 47.6. The number of carbonyl (C=O) groups excluding carboxylic acids is 6. The van der Waals surface area contributed by atoms with Gasteiger partial charge in [0.15, 0.2) is 6.29 Å². The monoisotopic (exact) mass is 1190 g/mol. The molecule has 0 bridgehead atoms. The van der Waals surface area contributed by atoms with Gasteiger partial charge in [-0.15, -0.1) is 0 Å². The van der Waals surface area contributed by atoms with Gasteiger partial charge in [0.05, 0.1) is 52.9 Å². The minimum absolute atomic E-state index is 0.000786. The van der Waals surface area contributed by atoms with Crippen LogP contribution in [0.4, 0.5) is 0 Å². The average Bonchev–Trinajstić information content (AvgIpc) is 3.98. The minimum Gasteiger partial charge on any atom is -0.460 e. The van der Waals surface area contributed by atoms with E-state index < -0.39 is 226 Å². The van der Waals surface area contributed by atoms with Crippen LogP contribution in [-0.2, 0) is 99.8 Å². The van der Waals surface area contributed by atoms with E-state index in [0.29, 0.717) is 0 Å². The Kier molecular flexibility index (Phi) is 32.9. The van der Waals surface area contributed by atoms with Crippen LogP contribution in [0.5, 0.6) is 0 Å². The molecule has 0 saturated carbocycles. The van der Waals surface area contributed by atoms with Gasteiger partial charge in [0.2, 0.25) is 5.79 Å². The molecule has 0 aromatic carbocycles. The van der Waals surface area contributed by atoms with Crippen molar-refractivity contribution in [1.29, 1.82) is 0 Å². The quantitative estimate of drug-likeness (QED) is 0.0180. The van der Waals surface area contributed by atoms with Crippen LogP contribution in [0.1, 0.15) is 41.5 Å². The van der Waals surface area contributed by atoms with Crippen LogP contribution in [0.25, 0.3) is 0 Å². The third-order valence-corrected chi connectivity index (χ3v) is 11.2. The second kappa shape index (κ2) is 37.1. The Hall–Kier alpha value is -5.42. The number of hydrogen-bond donors (Lipinski definition) is 8. The first-order valence-corrected chi connectivity index (χ1v) is 25.9. The molecule has 6 unspecified atom stereocenters. The first-order valence-electron chi connectivity index (χ1n) is 25.9. The molecule has 2 rings (SSSR count). The van der Waals surface area contributed by atoms with Gasteiger partial charge in [0.1, 0.15) is 126 Å². The predicted molar refractivity (Wildman–Crippen MR) is 282 cm³/mol. The van der Waals surface area contributed by atoms with Crippen molar-refractivity contribution in [2.75, 3.05) is 99.1 Å². The zero-order chi connectivity index (χ0) is 62.7. The maximum absolute atomic E-state index is 12.4. The fourth-order valence-electron chi connectivity index (χ4n) is 6.92. The second-order valence-electron chi connectivity index (χ2n) is 19.7. The molecule has 0 aliphatic carbocycles. The van der Waals surface area contributed by atoms with Crippen molar-refractivity contribution in [3.05, 3.63) is 72.9 Å². The van der Waals surface area contributed by atoms with Crippen molar-refractivity contribution in [2.24, 2.45) is 0 Å². The van der Waals surface area contributed by atoms with Crippen molar-refractivity contribution in [3.8, 4) is 0 Å². The van der Waals surface area contributed by atoms with Crippen LogP contribution in [0.3, 0.4) is 0 Å². The lowest BCUT2D eigenvalue weighted by molar-refractivity contribution is -0.395. The van der Waals surface area contributed by atoms with E-state index in [0.717, 1.165) is 0 Å². The van der Waals surface area contributed by atoms with Gasteiger partial charge < -0.3 is 112 Å². The number of aliphatic hydroxyl groups is 8. The molecule has 8 N–H and O–H groups in total. The maximum atomic E-state index is 12.4. The van der Waals surface area contributed by atoms with E-state index in [2.05, 4.69) is 39.5 Å². The van der Waals surface area contributed by atoms with Crippen LogP contribution >= 0.6 is 0 Å². The predicted octanol–water partition coefficient (Wildman–Crippen LogP) is -2.37. The molecule has 2 saturated heterocycles. The van der Waals surface area contributed by atoms with Crippen LogP contribution in [0, 0.1) is 0 Å². The highest BCUT2D eigenvalue weighted by Gasteiger charge is 2.62. The highest BCUT2D eigenvalue weighted by molar-refractivity contribution is 5.88. The number of rotatable bonds is 41. The molecule has 0 aromatic heterocycles. The Morgan fingerprint density at radius 3 is 1.10 bits per heavy atom. The molecule has 0 radical (unpaired) electrons. The summed E-state index contributed by atoms with van der Waals surface area (Å²) in [4.78, 5) is 73.4. The summed E-state index contributed by atoms with van der Waals surface area (Å²) in [5, 5.41) is 88.3. The lowest BCUT2D eigenvalue weighted by Crippen LogP contribution is -2.65. The molecule has 15 atom stereocenters. The third kappa shape index (κ3) is 26.2. The second-order valence-corrected chi connectivity index (χ2v) is 19.7. The molecule has 0 aromatic rings. The summed E-state index contributed by atoms with van der Waals surface area (Å²) >= 11 is 0. The van der Waals surface area contributed by atoms with Gasteiger partial charge in [-0.2, -0.15) is 0 Å². The molecule has 0 amide bonds. The number of esters is 6. The Balaban J connectivity index is 2.95. The minimum atomic E-state index is -2.63. The standard InChI is InChI=1S/C54H82O29/c1-28(2)47(63)75-20-34(56)14-69-26-41-43(71-16-36(58)22-77-49(65)30(5)6)46(74-19-39(61)25-80-52(68)33(11)12)54(82-41,27-70-15-35(57)21-76-48(64)29(3)4)83-53-45(73-18-38(60)24-79-51(67)32(9)10)44(42(62)40(13-55)81-53)72-17-37(59)23-78-50(66)31(7)8/h34-46,53,55-62H,1,3,5,7,9,11,13-27H2,2,4,6,8,10,12H3/t34?,35?,36?,37?,38?,39?,40-,41-,42-,43-,44+,45-,46+,53-,54+/m1/s1. The van der Waals surface area contributed by atoms with Gasteiger partial charge in [-0.25, -0.2) is 28.8 Å². The number of carbonyl (C=O) groups is 6. The zero-order valence-electron chi connectivity index (χ0n) is 47.6. The number of hydrogen-bond acceptors (Lipinski definition) is 29. The lowest BCUT2D eigenvalue weighted by atomic mass is 9.98. The summed E-state index contributed by atoms with van der Waals surface area (Å²) in [6.07, 6.45) is -23.8. The Morgan fingerprint density at radius 1 is 0.434 bits per heavy atom. The van der Waals surface area contributed by atoms with E-state index in [1.165, 1.54) is 41.5 Å². The molecule has 2 fully saturated rings. The van der Waals surface area contributed by atoms with E-state index in [1.54, 1.807) is 0 Å². The SMILES string of the molecule is C=C(C)C(=O)OCC(O)COC[C@H]1O[C@@](COCC(O)COC(=O)C(=C)C)(O[C@H]2O[C@H](CO)[C@@H](O)[C@H](OCC(O)COC(=O)C(=C)C)[C@H]2OCC(O)COC(=O)C(=C)C)[C@@H](OCC(O)COC(=O)C(=C)C)[C@@H]1OCC(O)COC(=O)C(=C)C. The van der Waals surface area contributed by atoms with Gasteiger partial charge in [-0.3, -0.25) is 0 Å². The maximum Gasteiger partial charge on any atom is 0.333 e. The van der Waals surface area contributed by atoms with Gasteiger partial charge in [0, 0.05) is 33.4 Å². The van der Waals surface area contributed by atoms with Crippen molar-refractivity contribution in [3.63, 3.8) is 0 Å². The van der Waals surface area contributed by atoms with Crippen molar-refractivity contribution in [1.82, 2.24) is 0 Å². The summed E-state index contributed by atoms with van der Waals surface area (Å²) < 4.78 is 86.4. The van der Waals surface area contributed by atoms with Gasteiger partial charge in [0.25, 0.3) is 0 Å². The number of aliphatic hydroxyl groups excluding tert-OH is 8. The molecule has 29 heteroatoms. The van der Waals surface area contributed by atoms with E-state index in [9.17, 15) is 69.6 Å². The van der Waals surface area contributed by atoms with Crippen LogP contribution < -0.4 is 0 Å². The van der Waals surface area contributed by atoms with Gasteiger partial charge in [-0.05, 0) is 41.5 Å². The van der Waals surface area contributed by atoms with Crippen molar-refractivity contribution >= 4 is 35.8 Å². The van der Waals surface area contributed by atoms with Crippen LogP contribution in [0.2, 0.25) is 0 Å². The molecule has 472 valence electrons. The van der Waals surface area contributed by atoms with Crippen LogP contribution in [-0.4, -0.2) is 267 Å². The highest BCUT2D eigenvalue weighted by atomic mass is 16.8. The molecular formula is C54H82O29. The fourth-order valence-corrected chi connectivity index (χ4v) is 6.92. The Bertz CT molecular complexity index is 2200. The fraction of sp³-hybridized carbons (Fsp3) is 0.667. The van der Waals surface area contributed by atoms with Crippen molar-refractivity contribution < 1.29 is 141 Å². The smallest absolute Gasteiger partial charge is 0.333 e. The molecule has 2 aliphatic rings. The van der Waals surface area contributed by atoms with Gasteiger partial charge >= 0.3 is 35.8 Å². The molecule has 2 aliphatic heterocycles. The summed E-state index contributed by atoms with van der Waals surface area (Å²) in [5.41, 5.74) is -0.00867. The lowest BCUT2D eigenvalue weighted by Gasteiger charge is -2.47. The van der Waals surface area contributed by atoms with E-state index in [-0.39, 0.29) is 33.4 Å². The molecule has 83 heavy (non-hydrogen) atoms. The van der Waals surface area contributed by atoms with Crippen LogP contribution in [0.15, 0.2) is 72.9 Å². The normalized spacial score (nSPS) is 24.4. The first kappa shape index (κ1) is 73.7. The topological polar surface area (TPSA) is 403 Å². The summed E-state index contributed by atoms with van der Waals surface area (Å²) in [6.45, 7) is 18.4. The molecule has 29 nitrogen and oxygen atoms in total.